The zero-order valence-electron chi connectivity index (χ0n) is 64.3. The molecule has 16 rings (SSSR count). The van der Waals surface area contributed by atoms with Crippen LogP contribution in [0.25, 0.3) is 141 Å². The molecule has 0 fully saturated rings. The minimum absolute atomic E-state index is 0.0201. The highest BCUT2D eigenvalue weighted by molar-refractivity contribution is 8.03. The Morgan fingerprint density at radius 3 is 0.861 bits per heavy atom. The Balaban J connectivity index is 0.000000140. The Hall–Kier alpha value is -17.5. The van der Waals surface area contributed by atoms with Crippen LogP contribution < -0.4 is 0 Å². The van der Waals surface area contributed by atoms with Gasteiger partial charge in [0.05, 0.1) is 88.1 Å². The molecule has 0 radical (unpaired) electrons. The highest BCUT2D eigenvalue weighted by Gasteiger charge is 2.25. The van der Waals surface area contributed by atoms with Crippen molar-refractivity contribution in [3.05, 3.63) is 313 Å². The zero-order valence-corrected chi connectivity index (χ0v) is 65.1. The fourth-order valence-corrected chi connectivity index (χ4v) is 12.4. The first-order valence-corrected chi connectivity index (χ1v) is 37.3. The minimum atomic E-state index is -0.714. The maximum Gasteiger partial charge on any atom is 0.338 e. The molecular formula is C93H63N15O13S. The minimum Gasteiger partial charge on any atom is -0.507 e. The van der Waals surface area contributed by atoms with Crippen LogP contribution in [0.2, 0.25) is 0 Å². The molecule has 29 heteroatoms. The van der Waals surface area contributed by atoms with Crippen LogP contribution in [0.15, 0.2) is 284 Å². The lowest BCUT2D eigenvalue weighted by molar-refractivity contribution is 0.0599. The van der Waals surface area contributed by atoms with Crippen LogP contribution in [0.5, 0.6) is 46.0 Å². The summed E-state index contributed by atoms with van der Waals surface area (Å²) in [6, 6.07) is 78.4. The van der Waals surface area contributed by atoms with E-state index < -0.39 is 11.9 Å². The number of nitriles is 2. The number of hydrogen-bond acceptors (Lipinski definition) is 28. The van der Waals surface area contributed by atoms with Gasteiger partial charge >= 0.3 is 11.9 Å². The van der Waals surface area contributed by atoms with E-state index in [-0.39, 0.29) is 115 Å². The van der Waals surface area contributed by atoms with Crippen LogP contribution in [0, 0.1) is 28.6 Å². The first-order valence-electron chi connectivity index (χ1n) is 36.5. The van der Waals surface area contributed by atoms with Crippen LogP contribution in [-0.2, 0) is 9.47 Å². The molecule has 0 amide bonds. The summed E-state index contributed by atoms with van der Waals surface area (Å²) in [7, 11) is 2.45. The maximum absolute atomic E-state index is 12.6. The summed E-state index contributed by atoms with van der Waals surface area (Å²) in [5.74, 6) is 1.38. The first kappa shape index (κ1) is 82.5. The predicted molar refractivity (Wildman–Crippen MR) is 453 cm³/mol. The van der Waals surface area contributed by atoms with Crippen molar-refractivity contribution in [1.29, 1.82) is 10.5 Å². The number of Topliss-reactive ketones (excluding diaryl/α,β-unsaturated/α-hetero) is 1. The van der Waals surface area contributed by atoms with E-state index in [0.29, 0.717) is 95.7 Å². The third kappa shape index (κ3) is 19.0. The second kappa shape index (κ2) is 37.9. The quantitative estimate of drug-likeness (QED) is 0.0146. The molecule has 0 atom stereocenters. The SMILES string of the molecule is CC(=O)c1ccc(-c2nc(-c3ccccc3O)nc(-c3ccccc3O)n2)cc1.COC(=O)c1ccc(-c2nc(-c3ccccc3O)nc(-c3ccccc3O)n2)c(C(=O)OC)c1.N#CSc1ccc(-c2nc(-c3ccccc3O)nc(-c3ccccc3O)n2)cc1.[C-]#[N+]c1ccc(C#N)c(-c2nc(-c3ccccc3O)nc(-c3ccccc3O)n2)c1. The normalized spacial score (nSPS) is 10.5. The van der Waals surface area contributed by atoms with Gasteiger partial charge in [0.15, 0.2) is 81.4 Å². The smallest absolute Gasteiger partial charge is 0.338 e. The van der Waals surface area contributed by atoms with E-state index in [9.17, 15) is 60.5 Å². The predicted octanol–water partition coefficient (Wildman–Crippen LogP) is 17.9. The fourth-order valence-electron chi connectivity index (χ4n) is 12.0. The van der Waals surface area contributed by atoms with E-state index in [2.05, 4.69) is 70.7 Å². The van der Waals surface area contributed by atoms with E-state index in [1.165, 1.54) is 75.7 Å². The number of thioether (sulfide) groups is 1. The van der Waals surface area contributed by atoms with Gasteiger partial charge < -0.3 is 50.3 Å². The maximum atomic E-state index is 12.6. The Morgan fingerprint density at radius 1 is 0.320 bits per heavy atom. The molecule has 16 aromatic rings. The van der Waals surface area contributed by atoms with E-state index >= 15 is 0 Å². The molecule has 0 aliphatic carbocycles. The number of thiocyanates is 1. The van der Waals surface area contributed by atoms with Crippen molar-refractivity contribution in [1.82, 2.24) is 59.8 Å². The Morgan fingerprint density at radius 2 is 0.590 bits per heavy atom. The number of carbonyl (C=O) groups is 3. The van der Waals surface area contributed by atoms with Crippen molar-refractivity contribution in [3.63, 3.8) is 0 Å². The molecule has 8 N–H and O–H groups in total. The van der Waals surface area contributed by atoms with Crippen LogP contribution in [0.4, 0.5) is 5.69 Å². The number of nitrogens with zero attached hydrogens (tertiary/aromatic N) is 15. The topological polar surface area (TPSA) is 438 Å². The van der Waals surface area contributed by atoms with Gasteiger partial charge in [0.2, 0.25) is 0 Å². The number of para-hydroxylation sites is 8. The Kier molecular flexibility index (Phi) is 25.6. The number of benzene rings is 12. The summed E-state index contributed by atoms with van der Waals surface area (Å²) >= 11 is 1.07. The van der Waals surface area contributed by atoms with Crippen LogP contribution in [0.3, 0.4) is 0 Å². The zero-order chi connectivity index (χ0) is 85.9. The number of aromatic hydroxyl groups is 8. The third-order valence-electron chi connectivity index (χ3n) is 18.1. The molecule has 0 unspecified atom stereocenters. The molecule has 28 nitrogen and oxygen atoms in total. The highest BCUT2D eigenvalue weighted by atomic mass is 32.2. The molecule has 0 saturated carbocycles. The molecule has 594 valence electrons. The van der Waals surface area contributed by atoms with Gasteiger partial charge in [-0.15, -0.1) is 0 Å². The summed E-state index contributed by atoms with van der Waals surface area (Å²) in [6.45, 7) is 8.77. The third-order valence-corrected chi connectivity index (χ3v) is 18.7. The van der Waals surface area contributed by atoms with Crippen molar-refractivity contribution in [3.8, 4) is 194 Å². The van der Waals surface area contributed by atoms with Crippen LogP contribution >= 0.6 is 11.8 Å². The van der Waals surface area contributed by atoms with Crippen LogP contribution in [-0.4, -0.2) is 133 Å². The molecule has 122 heavy (non-hydrogen) atoms. The molecule has 12 aromatic carbocycles. The van der Waals surface area contributed by atoms with E-state index in [1.54, 1.807) is 200 Å². The van der Waals surface area contributed by atoms with E-state index in [4.69, 9.17) is 21.3 Å². The molecular weight excluding hydrogens is 1570 g/mol. The molecule has 4 heterocycles. The van der Waals surface area contributed by atoms with Crippen molar-refractivity contribution in [2.75, 3.05) is 14.2 Å². The first-order chi connectivity index (χ1) is 59.2. The number of esters is 2. The largest absolute Gasteiger partial charge is 0.507 e. The van der Waals surface area contributed by atoms with Gasteiger partial charge in [-0.3, -0.25) is 4.79 Å². The fraction of sp³-hybridized carbons (Fsp3) is 0.0323. The lowest BCUT2D eigenvalue weighted by Crippen LogP contribution is -2.10. The van der Waals surface area contributed by atoms with Crippen molar-refractivity contribution in [2.45, 2.75) is 11.8 Å². The summed E-state index contributed by atoms with van der Waals surface area (Å²) in [5, 5.41) is 103. The number of aromatic nitrogens is 12. The summed E-state index contributed by atoms with van der Waals surface area (Å²) in [5.41, 5.74) is 6.65. The van der Waals surface area contributed by atoms with Crippen molar-refractivity contribution >= 4 is 35.2 Å². The molecule has 0 aliphatic heterocycles. The van der Waals surface area contributed by atoms with Gasteiger partial charge in [-0.05, 0) is 152 Å². The number of rotatable bonds is 16. The van der Waals surface area contributed by atoms with Crippen molar-refractivity contribution < 1.29 is 64.7 Å². The number of phenolic OH excluding ortho intramolecular Hbond substituents is 8. The van der Waals surface area contributed by atoms with E-state index in [1.807, 2.05) is 29.7 Å². The van der Waals surface area contributed by atoms with Gasteiger partial charge in [-0.25, -0.2) is 74.2 Å². The second-order valence-electron chi connectivity index (χ2n) is 25.9. The number of hydrogen-bond donors (Lipinski definition) is 8. The lowest BCUT2D eigenvalue weighted by Gasteiger charge is -2.12. The van der Waals surface area contributed by atoms with Gasteiger partial charge in [0.25, 0.3) is 0 Å². The molecule has 0 aliphatic rings. The number of phenols is 8. The molecule has 0 bridgehead atoms. The lowest BCUT2D eigenvalue weighted by atomic mass is 10.0. The van der Waals surface area contributed by atoms with Gasteiger partial charge in [-0.1, -0.05) is 146 Å². The second-order valence-corrected chi connectivity index (χ2v) is 26.8. The summed E-state index contributed by atoms with van der Waals surface area (Å²) < 4.78 is 9.64. The van der Waals surface area contributed by atoms with Crippen molar-refractivity contribution in [2.24, 2.45) is 0 Å². The monoisotopic (exact) mass is 1630 g/mol. The Bertz CT molecular complexity index is 6550. The molecule has 0 spiro atoms. The summed E-state index contributed by atoms with van der Waals surface area (Å²) in [6.07, 6.45) is 0. The number of ether oxygens (including phenoxy) is 2. The average molecular weight is 1630 g/mol. The molecule has 4 aromatic heterocycles. The highest BCUT2D eigenvalue weighted by Crippen LogP contribution is 2.40. The van der Waals surface area contributed by atoms with Gasteiger partial charge in [-0.2, -0.15) is 10.5 Å². The standard InChI is InChI=1S/C25H19N3O6.C23H13N5O2.C23H17N3O3.C22H14N4O2S/c1-33-24(31)14-11-12-15(18(13-14)25(32)34-2)21-26-22(16-7-3-5-9-19(16)29)28-23(27-21)17-8-4-6-10-20(17)30;1-25-15-11-10-14(13-24)18(12-15)23-27-21(16-6-2-4-8-19(16)29)26-22(28-23)17-7-3-5-9-20(17)30;1-14(27)15-10-12-16(13-11-15)21-24-22(17-6-2-4-8-19(17)28)26-23(25-21)18-7-3-5-9-20(18)29;23-13-29-15-11-9-14(10-12-15)20-24-21(16-5-1-3-7-18(16)27)26-22(25-20)17-6-2-4-8-19(17)28/h3-13,29-30H,1-2H3;2-12,29-30H;2-13,28-29H,1H3;1-12,27-28H. The molecule has 0 saturated heterocycles. The number of carbonyl (C=O) groups excluding carboxylic acids is 3. The average Bonchev–Trinajstić information content (AvgIpc) is 0.791. The van der Waals surface area contributed by atoms with Gasteiger partial charge in [0, 0.05) is 32.7 Å². The van der Waals surface area contributed by atoms with Gasteiger partial charge in [0.1, 0.15) is 51.4 Å². The summed E-state index contributed by atoms with van der Waals surface area (Å²) in [4.78, 5) is 94.1. The number of methoxy groups -OCH3 is 2. The van der Waals surface area contributed by atoms with E-state index in [0.717, 1.165) is 22.2 Å². The number of ketones is 1. The van der Waals surface area contributed by atoms with Crippen LogP contribution in [0.1, 0.15) is 43.6 Å². The Labute approximate surface area is 699 Å².